The molecule has 172 valence electrons. The summed E-state index contributed by atoms with van der Waals surface area (Å²) in [7, 11) is 1.87. The Morgan fingerprint density at radius 1 is 1.30 bits per heavy atom. The van der Waals surface area contributed by atoms with E-state index in [1.54, 1.807) is 4.68 Å². The molecule has 4 atom stereocenters. The Hall–Kier alpha value is -2.82. The highest BCUT2D eigenvalue weighted by atomic mass is 35.5. The van der Waals surface area contributed by atoms with Crippen LogP contribution in [0, 0.1) is 6.92 Å². The molecule has 2 bridgehead atoms. The summed E-state index contributed by atoms with van der Waals surface area (Å²) in [6.07, 6.45) is 0.963. The van der Waals surface area contributed by atoms with Crippen LogP contribution in [-0.4, -0.2) is 59.3 Å². The Bertz CT molecular complexity index is 1400. The minimum absolute atomic E-state index is 0.0850. The standard InChI is InChI=1S/C22H24ClFN8O/c1-9-16-13(30-31(9)2)5-4-11(17(16)23)19-20-21(29-28-19)27-22(14(8-33)26-20)32-10-3-6-15(32)18(24)12(25)7-10/h4-5,10,12,15,18,33H,3,6-8,25H2,1-2H3,(H,27,28,29)/t10-,12-,15+,18-/m0/s1. The lowest BCUT2D eigenvalue weighted by Gasteiger charge is -2.41. The molecule has 3 aromatic heterocycles. The topological polar surface area (TPSA) is 122 Å². The Morgan fingerprint density at radius 2 is 2.12 bits per heavy atom. The first-order chi connectivity index (χ1) is 15.9. The molecule has 0 aliphatic carbocycles. The summed E-state index contributed by atoms with van der Waals surface area (Å²) in [5.74, 6) is 0.493. The zero-order valence-corrected chi connectivity index (χ0v) is 19.0. The highest BCUT2D eigenvalue weighted by molar-refractivity contribution is 6.38. The van der Waals surface area contributed by atoms with Crippen LogP contribution >= 0.6 is 11.6 Å². The molecule has 11 heteroatoms. The van der Waals surface area contributed by atoms with Gasteiger partial charge in [0.2, 0.25) is 0 Å². The van der Waals surface area contributed by atoms with Crippen molar-refractivity contribution in [3.05, 3.63) is 28.5 Å². The fourth-order valence-corrected chi connectivity index (χ4v) is 5.84. The molecule has 1 aromatic carbocycles. The number of nitrogens with two attached hydrogens (primary N) is 1. The van der Waals surface area contributed by atoms with E-state index in [0.717, 1.165) is 23.0 Å². The van der Waals surface area contributed by atoms with Crippen molar-refractivity contribution in [1.82, 2.24) is 29.9 Å². The van der Waals surface area contributed by atoms with Crippen molar-refractivity contribution in [2.45, 2.75) is 57.1 Å². The number of aliphatic hydroxyl groups excluding tert-OH is 1. The fourth-order valence-electron chi connectivity index (χ4n) is 5.46. The van der Waals surface area contributed by atoms with E-state index in [1.807, 2.05) is 31.0 Å². The molecule has 33 heavy (non-hydrogen) atoms. The summed E-state index contributed by atoms with van der Waals surface area (Å²) < 4.78 is 16.7. The number of rotatable bonds is 3. The number of anilines is 1. The normalized spacial score (nSPS) is 25.0. The van der Waals surface area contributed by atoms with Gasteiger partial charge in [0.15, 0.2) is 11.5 Å². The molecule has 4 N–H and O–H groups in total. The fraction of sp³-hybridized carbons (Fsp3) is 0.455. The summed E-state index contributed by atoms with van der Waals surface area (Å²) in [6.45, 7) is 1.64. The van der Waals surface area contributed by atoms with Crippen LogP contribution in [0.5, 0.6) is 0 Å². The zero-order valence-electron chi connectivity index (χ0n) is 18.3. The predicted octanol–water partition coefficient (Wildman–Crippen LogP) is 2.77. The second-order valence-electron chi connectivity index (χ2n) is 9.00. The Kier molecular flexibility index (Phi) is 4.62. The number of aromatic amines is 1. The van der Waals surface area contributed by atoms with E-state index >= 15 is 0 Å². The first-order valence-corrected chi connectivity index (χ1v) is 11.4. The van der Waals surface area contributed by atoms with Crippen LogP contribution in [0.1, 0.15) is 30.7 Å². The summed E-state index contributed by atoms with van der Waals surface area (Å²) >= 11 is 6.79. The lowest BCUT2D eigenvalue weighted by Crippen LogP contribution is -2.56. The van der Waals surface area contributed by atoms with E-state index in [-0.39, 0.29) is 18.7 Å². The predicted molar refractivity (Wildman–Crippen MR) is 124 cm³/mol. The summed E-state index contributed by atoms with van der Waals surface area (Å²) in [5.41, 5.74) is 10.3. The van der Waals surface area contributed by atoms with Crippen molar-refractivity contribution in [2.24, 2.45) is 12.8 Å². The second kappa shape index (κ2) is 7.34. The minimum atomic E-state index is -1.14. The number of nitrogens with zero attached hydrogens (tertiary/aromatic N) is 6. The average molecular weight is 471 g/mol. The number of aliphatic hydroxyl groups is 1. The third-order valence-corrected chi connectivity index (χ3v) is 7.58. The molecule has 0 amide bonds. The minimum Gasteiger partial charge on any atom is -0.390 e. The molecule has 2 aliphatic heterocycles. The van der Waals surface area contributed by atoms with Crippen LogP contribution in [0.4, 0.5) is 10.2 Å². The lowest BCUT2D eigenvalue weighted by atomic mass is 9.96. The monoisotopic (exact) mass is 470 g/mol. The number of hydrogen-bond donors (Lipinski definition) is 3. The average Bonchev–Trinajstić information content (AvgIpc) is 3.45. The van der Waals surface area contributed by atoms with Gasteiger partial charge >= 0.3 is 0 Å². The molecular weight excluding hydrogens is 447 g/mol. The highest BCUT2D eigenvalue weighted by Crippen LogP contribution is 2.42. The molecule has 2 aliphatic rings. The molecule has 0 spiro atoms. The van der Waals surface area contributed by atoms with Crippen molar-refractivity contribution in [3.8, 4) is 11.3 Å². The number of piperidine rings is 1. The molecule has 6 rings (SSSR count). The van der Waals surface area contributed by atoms with E-state index < -0.39 is 12.2 Å². The van der Waals surface area contributed by atoms with Gasteiger partial charge in [0.25, 0.3) is 0 Å². The third-order valence-electron chi connectivity index (χ3n) is 7.19. The molecule has 2 fully saturated rings. The van der Waals surface area contributed by atoms with Crippen LogP contribution < -0.4 is 10.6 Å². The Balaban J connectivity index is 1.49. The van der Waals surface area contributed by atoms with E-state index in [1.165, 1.54) is 0 Å². The van der Waals surface area contributed by atoms with Gasteiger partial charge < -0.3 is 15.7 Å². The van der Waals surface area contributed by atoms with Gasteiger partial charge in [0.1, 0.15) is 23.1 Å². The van der Waals surface area contributed by atoms with Crippen molar-refractivity contribution >= 4 is 39.5 Å². The van der Waals surface area contributed by atoms with Crippen molar-refractivity contribution in [1.29, 1.82) is 0 Å². The van der Waals surface area contributed by atoms with E-state index in [2.05, 4.69) is 15.3 Å². The molecule has 2 saturated heterocycles. The van der Waals surface area contributed by atoms with Gasteiger partial charge in [-0.15, -0.1) is 0 Å². The molecule has 4 aromatic rings. The van der Waals surface area contributed by atoms with Gasteiger partial charge in [-0.3, -0.25) is 9.78 Å². The smallest absolute Gasteiger partial charge is 0.177 e. The second-order valence-corrected chi connectivity index (χ2v) is 9.38. The van der Waals surface area contributed by atoms with Gasteiger partial charge in [-0.25, -0.2) is 14.4 Å². The van der Waals surface area contributed by atoms with Gasteiger partial charge in [-0.05, 0) is 38.3 Å². The number of aryl methyl sites for hydroxylation is 2. The number of fused-ring (bicyclic) bond motifs is 4. The van der Waals surface area contributed by atoms with E-state index in [0.29, 0.717) is 51.8 Å². The highest BCUT2D eigenvalue weighted by Gasteiger charge is 2.48. The Labute approximate surface area is 193 Å². The molecule has 0 unspecified atom stereocenters. The summed E-state index contributed by atoms with van der Waals surface area (Å²) in [6, 6.07) is 3.01. The van der Waals surface area contributed by atoms with Crippen molar-refractivity contribution < 1.29 is 9.50 Å². The van der Waals surface area contributed by atoms with Crippen LogP contribution in [-0.2, 0) is 13.7 Å². The van der Waals surface area contributed by atoms with Crippen molar-refractivity contribution in [3.63, 3.8) is 0 Å². The first kappa shape index (κ1) is 20.8. The van der Waals surface area contributed by atoms with Gasteiger partial charge in [-0.1, -0.05) is 11.6 Å². The lowest BCUT2D eigenvalue weighted by molar-refractivity contribution is 0.202. The summed E-state index contributed by atoms with van der Waals surface area (Å²) in [5, 5.41) is 23.4. The molecule has 0 radical (unpaired) electrons. The number of nitrogens with one attached hydrogen (secondary N) is 1. The third kappa shape index (κ3) is 2.90. The number of H-pyrrole nitrogens is 1. The number of hydrogen-bond acceptors (Lipinski definition) is 7. The maximum Gasteiger partial charge on any atom is 0.177 e. The number of alkyl halides is 1. The van der Waals surface area contributed by atoms with Gasteiger partial charge in [0.05, 0.1) is 23.2 Å². The summed E-state index contributed by atoms with van der Waals surface area (Å²) in [4.78, 5) is 11.4. The van der Waals surface area contributed by atoms with E-state index in [9.17, 15) is 9.50 Å². The van der Waals surface area contributed by atoms with Crippen LogP contribution in [0.3, 0.4) is 0 Å². The number of halogens is 2. The molecule has 9 nitrogen and oxygen atoms in total. The maximum atomic E-state index is 14.9. The Morgan fingerprint density at radius 3 is 2.91 bits per heavy atom. The molecule has 0 saturated carbocycles. The molecular formula is C22H24ClFN8O. The molecule has 5 heterocycles. The van der Waals surface area contributed by atoms with Gasteiger partial charge in [-0.2, -0.15) is 10.2 Å². The number of benzene rings is 1. The first-order valence-electron chi connectivity index (χ1n) is 11.0. The van der Waals surface area contributed by atoms with Gasteiger partial charge in [0, 0.05) is 35.8 Å². The van der Waals surface area contributed by atoms with Crippen LogP contribution in [0.15, 0.2) is 12.1 Å². The quantitative estimate of drug-likeness (QED) is 0.421. The van der Waals surface area contributed by atoms with Crippen molar-refractivity contribution in [2.75, 3.05) is 4.90 Å². The number of aromatic nitrogens is 6. The van der Waals surface area contributed by atoms with E-state index in [4.69, 9.17) is 27.3 Å². The van der Waals surface area contributed by atoms with Crippen LogP contribution in [0.25, 0.3) is 33.3 Å². The van der Waals surface area contributed by atoms with Crippen LogP contribution in [0.2, 0.25) is 5.02 Å². The maximum absolute atomic E-state index is 14.9. The largest absolute Gasteiger partial charge is 0.390 e. The SMILES string of the molecule is Cc1c2c(Cl)c(-c3n[nH]c4nc(N5[C@H]6CC[C@@H]5[C@@H](F)[C@@H](N)C6)c(CO)nc34)ccc2nn1C. The zero-order chi connectivity index (χ0) is 23.0.